The SMILES string of the molecule is CCOC(=O)Cc1c(OC(F)F)ccc(CC)c1C#N. The van der Waals surface area contributed by atoms with Crippen molar-refractivity contribution in [3.8, 4) is 11.8 Å². The van der Waals surface area contributed by atoms with Gasteiger partial charge in [0.15, 0.2) is 0 Å². The van der Waals surface area contributed by atoms with Crippen molar-refractivity contribution in [1.29, 1.82) is 5.26 Å². The number of carbonyl (C=O) groups excluding carboxylic acids is 1. The Bertz CT molecular complexity index is 524. The quantitative estimate of drug-likeness (QED) is 0.753. The number of ether oxygens (including phenoxy) is 2. The lowest BCUT2D eigenvalue weighted by Gasteiger charge is -2.14. The molecule has 0 aromatic heterocycles. The fraction of sp³-hybridized carbons (Fsp3) is 0.429. The number of carbonyl (C=O) groups is 1. The number of rotatable bonds is 6. The van der Waals surface area contributed by atoms with Crippen LogP contribution in [-0.2, 0) is 22.4 Å². The highest BCUT2D eigenvalue weighted by molar-refractivity contribution is 5.75. The van der Waals surface area contributed by atoms with Gasteiger partial charge in [0.05, 0.1) is 24.7 Å². The zero-order chi connectivity index (χ0) is 15.1. The van der Waals surface area contributed by atoms with Gasteiger partial charge >= 0.3 is 12.6 Å². The fourth-order valence-electron chi connectivity index (χ4n) is 1.85. The Morgan fingerprint density at radius 1 is 1.40 bits per heavy atom. The number of hydrogen-bond donors (Lipinski definition) is 0. The second-order valence-electron chi connectivity index (χ2n) is 3.90. The molecule has 1 aromatic rings. The molecule has 6 heteroatoms. The maximum Gasteiger partial charge on any atom is 0.387 e. The van der Waals surface area contributed by atoms with Crippen LogP contribution in [0.15, 0.2) is 12.1 Å². The molecule has 0 atom stereocenters. The molecule has 1 aromatic carbocycles. The van der Waals surface area contributed by atoms with Gasteiger partial charge in [-0.05, 0) is 25.0 Å². The van der Waals surface area contributed by atoms with Crippen LogP contribution in [0.1, 0.15) is 30.5 Å². The number of nitriles is 1. The largest absolute Gasteiger partial charge is 0.466 e. The van der Waals surface area contributed by atoms with Gasteiger partial charge < -0.3 is 9.47 Å². The highest BCUT2D eigenvalue weighted by Gasteiger charge is 2.19. The number of benzene rings is 1. The van der Waals surface area contributed by atoms with E-state index in [1.165, 1.54) is 6.07 Å². The van der Waals surface area contributed by atoms with Crippen LogP contribution < -0.4 is 4.74 Å². The van der Waals surface area contributed by atoms with E-state index in [4.69, 9.17) is 4.74 Å². The van der Waals surface area contributed by atoms with Crippen molar-refractivity contribution in [2.75, 3.05) is 6.61 Å². The fourth-order valence-corrected chi connectivity index (χ4v) is 1.85. The van der Waals surface area contributed by atoms with Gasteiger partial charge in [0.25, 0.3) is 0 Å². The second kappa shape index (κ2) is 7.43. The molecule has 0 bridgehead atoms. The van der Waals surface area contributed by atoms with Crippen molar-refractivity contribution in [3.05, 3.63) is 28.8 Å². The van der Waals surface area contributed by atoms with Crippen molar-refractivity contribution in [2.45, 2.75) is 33.3 Å². The molecular weight excluding hydrogens is 268 g/mol. The molecule has 0 N–H and O–H groups in total. The van der Waals surface area contributed by atoms with E-state index in [0.717, 1.165) is 0 Å². The minimum atomic E-state index is -3.02. The maximum absolute atomic E-state index is 12.4. The summed E-state index contributed by atoms with van der Waals surface area (Å²) in [5, 5.41) is 9.19. The molecule has 0 fully saturated rings. The van der Waals surface area contributed by atoms with Crippen LogP contribution in [0, 0.1) is 11.3 Å². The predicted molar refractivity (Wildman–Crippen MR) is 67.5 cm³/mol. The standard InChI is InChI=1S/C14H15F2NO3/c1-3-9-5-6-12(20-14(15)16)10(11(9)8-17)7-13(18)19-4-2/h5-6,14H,3-4,7H2,1-2H3. The monoisotopic (exact) mass is 283 g/mol. The van der Waals surface area contributed by atoms with Crippen LogP contribution in [0.5, 0.6) is 5.75 Å². The molecule has 0 saturated heterocycles. The van der Waals surface area contributed by atoms with E-state index in [9.17, 15) is 18.8 Å². The van der Waals surface area contributed by atoms with Crippen LogP contribution in [0.2, 0.25) is 0 Å². The van der Waals surface area contributed by atoms with Crippen molar-refractivity contribution in [3.63, 3.8) is 0 Å². The van der Waals surface area contributed by atoms with E-state index in [-0.39, 0.29) is 29.9 Å². The summed E-state index contributed by atoms with van der Waals surface area (Å²) in [7, 11) is 0. The molecule has 0 aliphatic heterocycles. The van der Waals surface area contributed by atoms with Gasteiger partial charge in [0.2, 0.25) is 0 Å². The third-order valence-electron chi connectivity index (χ3n) is 2.69. The second-order valence-corrected chi connectivity index (χ2v) is 3.90. The number of nitrogens with zero attached hydrogens (tertiary/aromatic N) is 1. The van der Waals surface area contributed by atoms with E-state index in [1.54, 1.807) is 13.0 Å². The first-order valence-electron chi connectivity index (χ1n) is 6.18. The lowest BCUT2D eigenvalue weighted by atomic mass is 9.97. The molecule has 4 nitrogen and oxygen atoms in total. The third-order valence-corrected chi connectivity index (χ3v) is 2.69. The maximum atomic E-state index is 12.4. The number of hydrogen-bond acceptors (Lipinski definition) is 4. The van der Waals surface area contributed by atoms with Gasteiger partial charge in [-0.15, -0.1) is 0 Å². The van der Waals surface area contributed by atoms with Gasteiger partial charge in [-0.1, -0.05) is 13.0 Å². The van der Waals surface area contributed by atoms with Gasteiger partial charge in [-0.2, -0.15) is 14.0 Å². The van der Waals surface area contributed by atoms with Gasteiger partial charge in [-0.3, -0.25) is 4.79 Å². The van der Waals surface area contributed by atoms with E-state index in [2.05, 4.69) is 4.74 Å². The minimum absolute atomic E-state index is 0.144. The number of halogens is 2. The molecule has 1 rings (SSSR count). The highest BCUT2D eigenvalue weighted by atomic mass is 19.3. The van der Waals surface area contributed by atoms with Crippen LogP contribution in [0.25, 0.3) is 0 Å². The first-order valence-corrected chi connectivity index (χ1v) is 6.18. The molecule has 0 unspecified atom stereocenters. The Labute approximate surface area is 115 Å². The Kier molecular flexibility index (Phi) is 5.91. The summed E-state index contributed by atoms with van der Waals surface area (Å²) in [6.07, 6.45) is 0.278. The first-order chi connectivity index (χ1) is 9.53. The van der Waals surface area contributed by atoms with Crippen molar-refractivity contribution in [2.24, 2.45) is 0 Å². The molecule has 108 valence electrons. The molecule has 0 spiro atoms. The molecule has 0 amide bonds. The third kappa shape index (κ3) is 3.92. The van der Waals surface area contributed by atoms with Crippen LogP contribution in [0.3, 0.4) is 0 Å². The van der Waals surface area contributed by atoms with Gasteiger partial charge in [0, 0.05) is 5.56 Å². The number of aryl methyl sites for hydroxylation is 1. The summed E-state index contributed by atoms with van der Waals surface area (Å²) in [5.41, 5.74) is 1.01. The average molecular weight is 283 g/mol. The van der Waals surface area contributed by atoms with Gasteiger partial charge in [-0.25, -0.2) is 0 Å². The van der Waals surface area contributed by atoms with E-state index in [1.807, 2.05) is 13.0 Å². The summed E-state index contributed by atoms with van der Waals surface area (Å²) in [6.45, 7) is 0.634. The smallest absolute Gasteiger partial charge is 0.387 e. The lowest BCUT2D eigenvalue weighted by Crippen LogP contribution is -2.13. The van der Waals surface area contributed by atoms with Crippen LogP contribution in [-0.4, -0.2) is 19.2 Å². The van der Waals surface area contributed by atoms with E-state index >= 15 is 0 Å². The molecular formula is C14H15F2NO3. The van der Waals surface area contributed by atoms with E-state index < -0.39 is 12.6 Å². The molecule has 20 heavy (non-hydrogen) atoms. The Hall–Kier alpha value is -2.16. The van der Waals surface area contributed by atoms with Crippen molar-refractivity contribution < 1.29 is 23.0 Å². The number of esters is 1. The normalized spacial score (nSPS) is 10.2. The summed E-state index contributed by atoms with van der Waals surface area (Å²) in [5.74, 6) is -0.752. The van der Waals surface area contributed by atoms with Crippen LogP contribution in [0.4, 0.5) is 8.78 Å². The summed E-state index contributed by atoms with van der Waals surface area (Å²) in [4.78, 5) is 11.5. The Morgan fingerprint density at radius 2 is 2.10 bits per heavy atom. The summed E-state index contributed by atoms with van der Waals surface area (Å²) < 4.78 is 33.9. The summed E-state index contributed by atoms with van der Waals surface area (Å²) >= 11 is 0. The Morgan fingerprint density at radius 3 is 2.60 bits per heavy atom. The van der Waals surface area contributed by atoms with Crippen LogP contribution >= 0.6 is 0 Å². The zero-order valence-corrected chi connectivity index (χ0v) is 11.3. The molecule has 0 saturated carbocycles. The van der Waals surface area contributed by atoms with Crippen molar-refractivity contribution in [1.82, 2.24) is 0 Å². The summed E-state index contributed by atoms with van der Waals surface area (Å²) in [6, 6.07) is 4.84. The Balaban J connectivity index is 3.25. The zero-order valence-electron chi connectivity index (χ0n) is 11.3. The van der Waals surface area contributed by atoms with Gasteiger partial charge in [0.1, 0.15) is 5.75 Å². The molecule has 0 aliphatic rings. The topological polar surface area (TPSA) is 59.3 Å². The van der Waals surface area contributed by atoms with E-state index in [0.29, 0.717) is 12.0 Å². The van der Waals surface area contributed by atoms with Crippen molar-refractivity contribution >= 4 is 5.97 Å². The lowest BCUT2D eigenvalue weighted by molar-refractivity contribution is -0.142. The predicted octanol–water partition coefficient (Wildman–Crippen LogP) is 2.83. The minimum Gasteiger partial charge on any atom is -0.466 e. The first kappa shape index (κ1) is 15.9. The number of alkyl halides is 2. The highest BCUT2D eigenvalue weighted by Crippen LogP contribution is 2.28. The average Bonchev–Trinajstić information content (AvgIpc) is 2.40. The molecule has 0 aliphatic carbocycles. The molecule has 0 radical (unpaired) electrons. The molecule has 0 heterocycles.